The monoisotopic (exact) mass is 394 g/mol. The van der Waals surface area contributed by atoms with E-state index in [1.807, 2.05) is 17.7 Å². The lowest BCUT2D eigenvalue weighted by atomic mass is 10.0. The summed E-state index contributed by atoms with van der Waals surface area (Å²) in [4.78, 5) is 27.6. The first-order valence-corrected chi connectivity index (χ1v) is 9.98. The topological polar surface area (TPSA) is 75.9 Å². The van der Waals surface area contributed by atoms with Crippen LogP contribution in [0.5, 0.6) is 0 Å². The highest BCUT2D eigenvalue weighted by atomic mass is 19.1. The van der Waals surface area contributed by atoms with Gasteiger partial charge in [-0.25, -0.2) is 19.3 Å². The molecule has 0 unspecified atom stereocenters. The predicted octanol–water partition coefficient (Wildman–Crippen LogP) is 2.78. The van der Waals surface area contributed by atoms with Crippen LogP contribution in [0.4, 0.5) is 10.2 Å². The summed E-state index contributed by atoms with van der Waals surface area (Å²) in [6.07, 6.45) is 5.54. The zero-order valence-electron chi connectivity index (χ0n) is 16.4. The number of alkyl halides is 1. The molecule has 1 aliphatic heterocycles. The normalized spacial score (nSPS) is 17.7. The van der Waals surface area contributed by atoms with E-state index >= 15 is 0 Å². The number of amides is 1. The van der Waals surface area contributed by atoms with Crippen LogP contribution in [0.25, 0.3) is 11.2 Å². The second kappa shape index (κ2) is 6.79. The van der Waals surface area contributed by atoms with Crippen LogP contribution < -0.4 is 10.2 Å². The van der Waals surface area contributed by atoms with Crippen molar-refractivity contribution in [2.45, 2.75) is 51.0 Å². The van der Waals surface area contributed by atoms with E-state index in [4.69, 9.17) is 0 Å². The molecule has 1 amide bonds. The van der Waals surface area contributed by atoms with Gasteiger partial charge in [0.1, 0.15) is 6.33 Å². The van der Waals surface area contributed by atoms with Crippen LogP contribution in [-0.4, -0.2) is 31.1 Å². The summed E-state index contributed by atoms with van der Waals surface area (Å²) in [5.41, 5.74) is 3.30. The molecule has 0 saturated heterocycles. The highest BCUT2D eigenvalue weighted by Gasteiger charge is 2.41. The number of carbonyl (C=O) groups excluding carboxylic acids is 1. The minimum atomic E-state index is -1.69. The second-order valence-electron chi connectivity index (χ2n) is 8.04. The van der Waals surface area contributed by atoms with Crippen molar-refractivity contribution >= 4 is 22.9 Å². The third kappa shape index (κ3) is 3.12. The molecule has 1 aliphatic carbocycles. The average Bonchev–Trinajstić information content (AvgIpc) is 3.45. The Kier molecular flexibility index (Phi) is 4.22. The van der Waals surface area contributed by atoms with Gasteiger partial charge in [-0.3, -0.25) is 4.79 Å². The van der Waals surface area contributed by atoms with Crippen molar-refractivity contribution in [1.82, 2.24) is 24.8 Å². The number of nitrogens with zero attached hydrogens (tertiary/aromatic N) is 5. The number of rotatable bonds is 4. The highest BCUT2D eigenvalue weighted by molar-refractivity contribution is 5.85. The summed E-state index contributed by atoms with van der Waals surface area (Å²) in [5, 5.41) is 2.78. The average molecular weight is 394 g/mol. The molecule has 0 bridgehead atoms. The molecule has 0 spiro atoms. The Labute approximate surface area is 168 Å². The fraction of sp³-hybridized carbons (Fsp3) is 0.429. The van der Waals surface area contributed by atoms with Crippen LogP contribution in [0.3, 0.4) is 0 Å². The van der Waals surface area contributed by atoms with E-state index in [1.165, 1.54) is 11.1 Å². The Morgan fingerprint density at radius 1 is 1.17 bits per heavy atom. The van der Waals surface area contributed by atoms with E-state index < -0.39 is 11.6 Å². The molecule has 1 aromatic carbocycles. The number of aromatic nitrogens is 4. The summed E-state index contributed by atoms with van der Waals surface area (Å²) in [6, 6.07) is 6.17. The van der Waals surface area contributed by atoms with Crippen LogP contribution in [0.15, 0.2) is 30.9 Å². The lowest BCUT2D eigenvalue weighted by molar-refractivity contribution is -0.132. The molecule has 1 saturated carbocycles. The zero-order valence-corrected chi connectivity index (χ0v) is 16.4. The summed E-state index contributed by atoms with van der Waals surface area (Å²) >= 11 is 0. The zero-order chi connectivity index (χ0) is 20.0. The van der Waals surface area contributed by atoms with Crippen LogP contribution in [-0.2, 0) is 31.5 Å². The third-order valence-electron chi connectivity index (χ3n) is 6.03. The number of aryl methyl sites for hydroxylation is 1. The van der Waals surface area contributed by atoms with Crippen molar-refractivity contribution in [2.24, 2.45) is 7.05 Å². The van der Waals surface area contributed by atoms with Crippen molar-refractivity contribution in [3.05, 3.63) is 47.5 Å². The van der Waals surface area contributed by atoms with E-state index in [0.29, 0.717) is 25.9 Å². The molecule has 150 valence electrons. The van der Waals surface area contributed by atoms with Gasteiger partial charge in [0.25, 0.3) is 5.91 Å². The maximum absolute atomic E-state index is 14.6. The Hall–Kier alpha value is -3.03. The number of hydrogen-bond acceptors (Lipinski definition) is 5. The molecule has 7 nitrogen and oxygen atoms in total. The lowest BCUT2D eigenvalue weighted by Gasteiger charge is -2.18. The molecule has 1 fully saturated rings. The van der Waals surface area contributed by atoms with Crippen LogP contribution in [0.2, 0.25) is 0 Å². The number of carbonyl (C=O) groups is 1. The van der Waals surface area contributed by atoms with Gasteiger partial charge in [-0.2, -0.15) is 0 Å². The third-order valence-corrected chi connectivity index (χ3v) is 6.03. The number of nitrogens with one attached hydrogen (secondary N) is 1. The first kappa shape index (κ1) is 18.0. The number of anilines is 1. The summed E-state index contributed by atoms with van der Waals surface area (Å²) in [6.45, 7) is 1.81. The molecule has 0 radical (unpaired) electrons. The van der Waals surface area contributed by atoms with Crippen LogP contribution in [0.1, 0.15) is 42.4 Å². The molecular weight excluding hydrogens is 371 g/mol. The van der Waals surface area contributed by atoms with Gasteiger partial charge in [-0.05, 0) is 42.4 Å². The predicted molar refractivity (Wildman–Crippen MR) is 107 cm³/mol. The molecule has 3 heterocycles. The van der Waals surface area contributed by atoms with E-state index in [2.05, 4.69) is 37.3 Å². The fourth-order valence-corrected chi connectivity index (χ4v) is 4.38. The molecule has 8 heteroatoms. The first-order valence-electron chi connectivity index (χ1n) is 9.98. The quantitative estimate of drug-likeness (QED) is 0.736. The van der Waals surface area contributed by atoms with Gasteiger partial charge >= 0.3 is 0 Å². The smallest absolute Gasteiger partial charge is 0.257 e. The molecule has 3 aromatic rings. The van der Waals surface area contributed by atoms with E-state index in [-0.39, 0.29) is 0 Å². The Bertz CT molecular complexity index is 1090. The van der Waals surface area contributed by atoms with Gasteiger partial charge in [0.15, 0.2) is 22.7 Å². The summed E-state index contributed by atoms with van der Waals surface area (Å²) in [7, 11) is 1.92. The standard InChI is InChI=1S/C21H23FN6O/c1-27-13-26-17-18(27)24-12-25-19(17)28-10-15-5-4-14(8-16(15)11-28)9-23-20(29)21(22)6-2-3-7-21/h4-5,8,12-13H,2-3,6-7,9-11H2,1H3,(H,23,29). The molecule has 0 atom stereocenters. The van der Waals surface area contributed by atoms with Crippen molar-refractivity contribution in [3.63, 3.8) is 0 Å². The number of halogens is 1. The number of benzene rings is 1. The molecule has 29 heavy (non-hydrogen) atoms. The Morgan fingerprint density at radius 2 is 1.97 bits per heavy atom. The first-order chi connectivity index (χ1) is 14.0. The van der Waals surface area contributed by atoms with E-state index in [9.17, 15) is 9.18 Å². The maximum Gasteiger partial charge on any atom is 0.257 e. The van der Waals surface area contributed by atoms with Gasteiger partial charge < -0.3 is 14.8 Å². The van der Waals surface area contributed by atoms with Crippen molar-refractivity contribution in [2.75, 3.05) is 4.90 Å². The second-order valence-corrected chi connectivity index (χ2v) is 8.04. The van der Waals surface area contributed by atoms with E-state index in [0.717, 1.165) is 41.9 Å². The SMILES string of the molecule is Cn1cnc2c(N3Cc4ccc(CNC(=O)C5(F)CCCC5)cc4C3)ncnc21. The van der Waals surface area contributed by atoms with Crippen molar-refractivity contribution in [1.29, 1.82) is 0 Å². The van der Waals surface area contributed by atoms with Gasteiger partial charge in [-0.15, -0.1) is 0 Å². The van der Waals surface area contributed by atoms with Crippen LogP contribution >= 0.6 is 0 Å². The van der Waals surface area contributed by atoms with Gasteiger partial charge in [0.2, 0.25) is 0 Å². The number of fused-ring (bicyclic) bond motifs is 2. The largest absolute Gasteiger partial charge is 0.349 e. The Morgan fingerprint density at radius 3 is 2.79 bits per heavy atom. The Balaban J connectivity index is 1.31. The molecule has 1 N–H and O–H groups in total. The molecule has 5 rings (SSSR count). The number of hydrogen-bond donors (Lipinski definition) is 1. The van der Waals surface area contributed by atoms with Crippen molar-refractivity contribution in [3.8, 4) is 0 Å². The lowest BCUT2D eigenvalue weighted by Crippen LogP contribution is -2.40. The molecule has 2 aliphatic rings. The number of imidazole rings is 1. The molecular formula is C21H23FN6O. The summed E-state index contributed by atoms with van der Waals surface area (Å²) in [5.74, 6) is 0.345. The summed E-state index contributed by atoms with van der Waals surface area (Å²) < 4.78 is 16.4. The minimum Gasteiger partial charge on any atom is -0.349 e. The highest BCUT2D eigenvalue weighted by Crippen LogP contribution is 2.34. The minimum absolute atomic E-state index is 0.332. The van der Waals surface area contributed by atoms with Gasteiger partial charge in [0, 0.05) is 26.7 Å². The van der Waals surface area contributed by atoms with Gasteiger partial charge in [-0.1, -0.05) is 18.2 Å². The van der Waals surface area contributed by atoms with E-state index in [1.54, 1.807) is 12.7 Å². The van der Waals surface area contributed by atoms with Gasteiger partial charge in [0.05, 0.1) is 6.33 Å². The fourth-order valence-electron chi connectivity index (χ4n) is 4.38. The van der Waals surface area contributed by atoms with Crippen LogP contribution in [0, 0.1) is 0 Å². The van der Waals surface area contributed by atoms with Crippen molar-refractivity contribution < 1.29 is 9.18 Å². The maximum atomic E-state index is 14.6. The molecule has 2 aromatic heterocycles.